The molecule has 2 heterocycles. The van der Waals surface area contributed by atoms with Crippen molar-refractivity contribution in [1.29, 1.82) is 0 Å². The number of H-pyrrole nitrogens is 1. The number of rotatable bonds is 1. The van der Waals surface area contributed by atoms with Crippen molar-refractivity contribution >= 4 is 22.9 Å². The van der Waals surface area contributed by atoms with Gasteiger partial charge in [0.25, 0.3) is 0 Å². The fraction of sp³-hybridized carbons (Fsp3) is 0.294. The zero-order valence-electron chi connectivity index (χ0n) is 11.4. The molecule has 0 amide bonds. The topological polar surface area (TPSA) is 45.2 Å². The lowest BCUT2D eigenvalue weighted by molar-refractivity contribution is -0.117. The van der Waals surface area contributed by atoms with Gasteiger partial charge in [-0.1, -0.05) is 31.2 Å². The third-order valence-corrected chi connectivity index (χ3v) is 4.47. The summed E-state index contributed by atoms with van der Waals surface area (Å²) in [5.41, 5.74) is 2.55. The number of carbonyl (C=O) groups is 1. The highest BCUT2D eigenvalue weighted by Crippen LogP contribution is 2.46. The number of fused-ring (bicyclic) bond motifs is 2. The molecule has 20 heavy (non-hydrogen) atoms. The van der Waals surface area contributed by atoms with Crippen molar-refractivity contribution in [1.82, 2.24) is 4.98 Å². The Labute approximate surface area is 117 Å². The summed E-state index contributed by atoms with van der Waals surface area (Å²) in [4.78, 5) is 20.7. The molecule has 100 valence electrons. The number of allylic oxidation sites excluding steroid dienone is 1. The summed E-state index contributed by atoms with van der Waals surface area (Å²) in [6.07, 6.45) is 5.68. The maximum Gasteiger partial charge on any atom is 0.169 e. The largest absolute Gasteiger partial charge is 0.356 e. The molecule has 1 aliphatic heterocycles. The monoisotopic (exact) mass is 264 g/mol. The van der Waals surface area contributed by atoms with E-state index in [0.717, 1.165) is 29.6 Å². The Kier molecular flexibility index (Phi) is 2.28. The first-order valence-corrected chi connectivity index (χ1v) is 7.09. The van der Waals surface area contributed by atoms with E-state index in [2.05, 4.69) is 29.3 Å². The number of aliphatic imine (C=N–C) groups is 1. The number of benzene rings is 1. The van der Waals surface area contributed by atoms with Crippen LogP contribution in [0.25, 0.3) is 10.9 Å². The number of hydrogen-bond acceptors (Lipinski definition) is 2. The van der Waals surface area contributed by atoms with Crippen molar-refractivity contribution in [3.05, 3.63) is 47.7 Å². The molecule has 1 aromatic heterocycles. The lowest BCUT2D eigenvalue weighted by atomic mass is 9.80. The highest BCUT2D eigenvalue weighted by molar-refractivity contribution is 6.09. The molecule has 0 radical (unpaired) electrons. The van der Waals surface area contributed by atoms with Gasteiger partial charge in [0.2, 0.25) is 0 Å². The van der Waals surface area contributed by atoms with Gasteiger partial charge in [0.05, 0.1) is 5.92 Å². The third kappa shape index (κ3) is 1.40. The molecular formula is C17H16N2O. The van der Waals surface area contributed by atoms with E-state index < -0.39 is 5.54 Å². The Morgan fingerprint density at radius 2 is 2.20 bits per heavy atom. The highest BCUT2D eigenvalue weighted by atomic mass is 16.1. The average molecular weight is 264 g/mol. The SMILES string of the molecule is CC1C=NC2(c3cc4ccccc4[nH]3)CCC=C2C1=O. The van der Waals surface area contributed by atoms with Crippen molar-refractivity contribution < 1.29 is 4.79 Å². The number of ketones is 1. The van der Waals surface area contributed by atoms with Gasteiger partial charge in [0.15, 0.2) is 5.78 Å². The van der Waals surface area contributed by atoms with E-state index in [1.807, 2.05) is 25.3 Å². The molecule has 3 nitrogen and oxygen atoms in total. The summed E-state index contributed by atoms with van der Waals surface area (Å²) < 4.78 is 0. The maximum absolute atomic E-state index is 12.4. The third-order valence-electron chi connectivity index (χ3n) is 4.47. The molecule has 2 unspecified atom stereocenters. The zero-order chi connectivity index (χ0) is 13.7. The number of aromatic nitrogens is 1. The van der Waals surface area contributed by atoms with Gasteiger partial charge >= 0.3 is 0 Å². The predicted octanol–water partition coefficient (Wildman–Crippen LogP) is 3.37. The Bertz CT molecular complexity index is 735. The van der Waals surface area contributed by atoms with Crippen LogP contribution >= 0.6 is 0 Å². The van der Waals surface area contributed by atoms with E-state index in [4.69, 9.17) is 4.99 Å². The summed E-state index contributed by atoms with van der Waals surface area (Å²) in [6.45, 7) is 1.92. The van der Waals surface area contributed by atoms with Gasteiger partial charge in [-0.3, -0.25) is 9.79 Å². The van der Waals surface area contributed by atoms with E-state index in [9.17, 15) is 4.79 Å². The molecule has 1 aliphatic carbocycles. The minimum Gasteiger partial charge on any atom is -0.356 e. The molecule has 1 aromatic carbocycles. The number of nitrogens with zero attached hydrogens (tertiary/aromatic N) is 1. The van der Waals surface area contributed by atoms with Crippen molar-refractivity contribution in [3.63, 3.8) is 0 Å². The second-order valence-corrected chi connectivity index (χ2v) is 5.72. The molecule has 2 atom stereocenters. The average Bonchev–Trinajstić information content (AvgIpc) is 3.07. The molecule has 0 fully saturated rings. The first-order valence-electron chi connectivity index (χ1n) is 7.09. The van der Waals surface area contributed by atoms with Crippen molar-refractivity contribution in [2.45, 2.75) is 25.3 Å². The van der Waals surface area contributed by atoms with Crippen molar-refractivity contribution in [2.24, 2.45) is 10.9 Å². The van der Waals surface area contributed by atoms with Crippen LogP contribution in [0.2, 0.25) is 0 Å². The maximum atomic E-state index is 12.4. The molecule has 2 aliphatic rings. The van der Waals surface area contributed by atoms with Gasteiger partial charge in [-0.05, 0) is 30.4 Å². The highest BCUT2D eigenvalue weighted by Gasteiger charge is 2.46. The molecule has 2 aromatic rings. The van der Waals surface area contributed by atoms with E-state index in [1.165, 1.54) is 5.39 Å². The van der Waals surface area contributed by atoms with Crippen LogP contribution in [0.4, 0.5) is 0 Å². The van der Waals surface area contributed by atoms with E-state index in [1.54, 1.807) is 0 Å². The first-order chi connectivity index (χ1) is 9.71. The van der Waals surface area contributed by atoms with Crippen LogP contribution in [-0.4, -0.2) is 17.0 Å². The summed E-state index contributed by atoms with van der Waals surface area (Å²) in [7, 11) is 0. The molecule has 3 heteroatoms. The van der Waals surface area contributed by atoms with Gasteiger partial charge in [0.1, 0.15) is 5.54 Å². The van der Waals surface area contributed by atoms with Crippen molar-refractivity contribution in [3.8, 4) is 0 Å². The quantitative estimate of drug-likeness (QED) is 0.843. The van der Waals surface area contributed by atoms with Crippen LogP contribution < -0.4 is 0 Å². The Morgan fingerprint density at radius 1 is 1.35 bits per heavy atom. The first kappa shape index (κ1) is 11.6. The van der Waals surface area contributed by atoms with Gasteiger partial charge in [0, 0.05) is 23.0 Å². The number of carbonyl (C=O) groups excluding carboxylic acids is 1. The fourth-order valence-electron chi connectivity index (χ4n) is 3.36. The number of para-hydroxylation sites is 1. The number of Topliss-reactive ketones (excluding diaryl/α,β-unsaturated/α-hetero) is 1. The van der Waals surface area contributed by atoms with E-state index >= 15 is 0 Å². The summed E-state index contributed by atoms with van der Waals surface area (Å²) in [6, 6.07) is 10.3. The van der Waals surface area contributed by atoms with Gasteiger partial charge in [-0.15, -0.1) is 0 Å². The summed E-state index contributed by atoms with van der Waals surface area (Å²) in [5, 5.41) is 1.17. The molecule has 0 bridgehead atoms. The minimum absolute atomic E-state index is 0.100. The summed E-state index contributed by atoms with van der Waals surface area (Å²) >= 11 is 0. The predicted molar refractivity (Wildman–Crippen MR) is 80.0 cm³/mol. The standard InChI is InChI=1S/C17H16N2O/c1-11-10-18-17(8-4-6-13(17)16(11)20)15-9-12-5-2-3-7-14(12)19-15/h2-3,5-7,9-11,19H,4,8H2,1H3. The molecular weight excluding hydrogens is 248 g/mol. The molecule has 0 saturated carbocycles. The van der Waals surface area contributed by atoms with Crippen LogP contribution in [0.5, 0.6) is 0 Å². The lowest BCUT2D eigenvalue weighted by Crippen LogP contribution is -2.35. The molecule has 0 saturated heterocycles. The second-order valence-electron chi connectivity index (χ2n) is 5.72. The number of nitrogens with one attached hydrogen (secondary N) is 1. The normalized spacial score (nSPS) is 28.8. The second kappa shape index (κ2) is 3.92. The Balaban J connectivity index is 1.93. The molecule has 1 N–H and O–H groups in total. The van der Waals surface area contributed by atoms with Crippen LogP contribution in [0.1, 0.15) is 25.5 Å². The number of aromatic amines is 1. The lowest BCUT2D eigenvalue weighted by Gasteiger charge is -2.31. The van der Waals surface area contributed by atoms with Crippen molar-refractivity contribution in [2.75, 3.05) is 0 Å². The minimum atomic E-state index is -0.470. The van der Waals surface area contributed by atoms with Crippen LogP contribution in [-0.2, 0) is 10.3 Å². The smallest absolute Gasteiger partial charge is 0.169 e. The van der Waals surface area contributed by atoms with Gasteiger partial charge < -0.3 is 4.98 Å². The van der Waals surface area contributed by atoms with E-state index in [-0.39, 0.29) is 11.7 Å². The molecule has 0 spiro atoms. The zero-order valence-corrected chi connectivity index (χ0v) is 11.4. The Hall–Kier alpha value is -2.16. The van der Waals surface area contributed by atoms with E-state index in [0.29, 0.717) is 0 Å². The molecule has 4 rings (SSSR count). The van der Waals surface area contributed by atoms with Crippen LogP contribution in [0.15, 0.2) is 47.0 Å². The van der Waals surface area contributed by atoms with Gasteiger partial charge in [-0.25, -0.2) is 0 Å². The summed E-state index contributed by atoms with van der Waals surface area (Å²) in [5.74, 6) is 0.119. The van der Waals surface area contributed by atoms with Gasteiger partial charge in [-0.2, -0.15) is 0 Å². The van der Waals surface area contributed by atoms with Crippen LogP contribution in [0.3, 0.4) is 0 Å². The fourth-order valence-corrected chi connectivity index (χ4v) is 3.36. The number of hydrogen-bond donors (Lipinski definition) is 1. The Morgan fingerprint density at radius 3 is 3.05 bits per heavy atom. The van der Waals surface area contributed by atoms with Crippen LogP contribution in [0, 0.1) is 5.92 Å².